The van der Waals surface area contributed by atoms with E-state index in [1.165, 1.54) is 6.07 Å². The molecule has 1 aromatic heterocycles. The van der Waals surface area contributed by atoms with E-state index in [-0.39, 0.29) is 34.5 Å². The maximum atomic E-state index is 13.9. The van der Waals surface area contributed by atoms with Crippen LogP contribution in [0.4, 0.5) is 15.9 Å². The van der Waals surface area contributed by atoms with Crippen LogP contribution >= 0.6 is 11.8 Å². The average Bonchev–Trinajstić information content (AvgIpc) is 2.74. The fourth-order valence-electron chi connectivity index (χ4n) is 3.58. The molecule has 2 heterocycles. The van der Waals surface area contributed by atoms with Crippen molar-refractivity contribution in [2.75, 3.05) is 10.6 Å². The second-order valence-corrected chi connectivity index (χ2v) is 8.59. The Labute approximate surface area is 187 Å². The molecule has 1 aliphatic heterocycles. The van der Waals surface area contributed by atoms with Gasteiger partial charge in [-0.3, -0.25) is 14.4 Å². The zero-order valence-electron chi connectivity index (χ0n) is 17.5. The minimum Gasteiger partial charge on any atom is -0.325 e. The van der Waals surface area contributed by atoms with Gasteiger partial charge < -0.3 is 15.6 Å². The van der Waals surface area contributed by atoms with Crippen molar-refractivity contribution in [1.29, 1.82) is 0 Å². The fourth-order valence-corrected chi connectivity index (χ4v) is 4.43. The first-order valence-corrected chi connectivity index (χ1v) is 11.0. The first-order chi connectivity index (χ1) is 15.3. The smallest absolute Gasteiger partial charge is 0.257 e. The van der Waals surface area contributed by atoms with Gasteiger partial charge in [0.1, 0.15) is 11.6 Å². The van der Waals surface area contributed by atoms with Gasteiger partial charge in [0.05, 0.1) is 11.5 Å². The highest BCUT2D eigenvalue weighted by atomic mass is 32.2. The summed E-state index contributed by atoms with van der Waals surface area (Å²) in [6.45, 7) is 3.82. The van der Waals surface area contributed by atoms with Crippen molar-refractivity contribution >= 4 is 35.1 Å². The fraction of sp³-hybridized carbons (Fsp3) is 0.217. The van der Waals surface area contributed by atoms with Crippen LogP contribution in [0.2, 0.25) is 0 Å². The molecule has 4 rings (SSSR count). The van der Waals surface area contributed by atoms with E-state index in [0.29, 0.717) is 11.3 Å². The van der Waals surface area contributed by atoms with Crippen molar-refractivity contribution in [3.05, 3.63) is 80.9 Å². The molecule has 0 fully saturated rings. The van der Waals surface area contributed by atoms with Gasteiger partial charge in [-0.25, -0.2) is 9.37 Å². The Balaban J connectivity index is 1.59. The Kier molecular flexibility index (Phi) is 6.09. The van der Waals surface area contributed by atoms with E-state index in [1.54, 1.807) is 24.3 Å². The van der Waals surface area contributed by atoms with Gasteiger partial charge >= 0.3 is 0 Å². The van der Waals surface area contributed by atoms with Crippen molar-refractivity contribution in [3.63, 3.8) is 0 Å². The molecule has 7 nitrogen and oxygen atoms in total. The van der Waals surface area contributed by atoms with Crippen LogP contribution in [0.1, 0.15) is 34.6 Å². The van der Waals surface area contributed by atoms with E-state index in [1.807, 2.05) is 26.0 Å². The third-order valence-electron chi connectivity index (χ3n) is 5.21. The number of anilines is 2. The molecule has 1 aliphatic rings. The number of carbonyl (C=O) groups is 2. The molecule has 2 aromatic carbocycles. The zero-order valence-corrected chi connectivity index (χ0v) is 18.3. The SMILES string of the molecule is Cc1ccc(NC(=O)[C@H]2CC(=O)Nc3nc(SCc4ccccc4F)[nH]c(=O)c32)c(C)c1. The van der Waals surface area contributed by atoms with Crippen LogP contribution in [-0.4, -0.2) is 21.8 Å². The van der Waals surface area contributed by atoms with Gasteiger partial charge in [-0.15, -0.1) is 0 Å². The summed E-state index contributed by atoms with van der Waals surface area (Å²) in [6, 6.07) is 11.9. The highest BCUT2D eigenvalue weighted by molar-refractivity contribution is 7.98. The van der Waals surface area contributed by atoms with E-state index in [9.17, 15) is 18.8 Å². The second-order valence-electron chi connectivity index (χ2n) is 7.63. The number of aryl methyl sites for hydroxylation is 2. The standard InChI is InChI=1S/C23H21FN4O3S/c1-12-7-8-17(13(2)9-12)25-21(30)15-10-18(29)26-20-19(15)22(31)28-23(27-20)32-11-14-5-3-4-6-16(14)24/h3-9,15H,10-11H2,1-2H3,(H,25,30)(H2,26,27,28,29,31)/t15-/m0/s1. The molecule has 32 heavy (non-hydrogen) atoms. The quantitative estimate of drug-likeness (QED) is 0.403. The first-order valence-electron chi connectivity index (χ1n) is 10.00. The Morgan fingerprint density at radius 2 is 2.00 bits per heavy atom. The molecule has 0 radical (unpaired) electrons. The number of amides is 2. The number of nitrogens with zero attached hydrogens (tertiary/aromatic N) is 1. The number of carbonyl (C=O) groups excluding carboxylic acids is 2. The first kappa shape index (κ1) is 21.8. The Bertz CT molecular complexity index is 1270. The van der Waals surface area contributed by atoms with Gasteiger partial charge in [0, 0.05) is 17.9 Å². The monoisotopic (exact) mass is 452 g/mol. The van der Waals surface area contributed by atoms with Crippen molar-refractivity contribution in [1.82, 2.24) is 9.97 Å². The third kappa shape index (κ3) is 4.57. The number of nitrogens with one attached hydrogen (secondary N) is 3. The minimum absolute atomic E-state index is 0.0572. The number of thioether (sulfide) groups is 1. The van der Waals surface area contributed by atoms with Gasteiger partial charge in [0.15, 0.2) is 5.16 Å². The summed E-state index contributed by atoms with van der Waals surface area (Å²) in [5.41, 5.74) is 2.63. The number of halogens is 1. The van der Waals surface area contributed by atoms with E-state index >= 15 is 0 Å². The molecular formula is C23H21FN4O3S. The highest BCUT2D eigenvalue weighted by Gasteiger charge is 2.35. The van der Waals surface area contributed by atoms with Crippen LogP contribution < -0.4 is 16.2 Å². The van der Waals surface area contributed by atoms with E-state index in [0.717, 1.165) is 22.9 Å². The number of aromatic amines is 1. The number of aromatic nitrogens is 2. The summed E-state index contributed by atoms with van der Waals surface area (Å²) in [7, 11) is 0. The molecule has 3 aromatic rings. The number of benzene rings is 2. The lowest BCUT2D eigenvalue weighted by atomic mass is 9.92. The lowest BCUT2D eigenvalue weighted by Crippen LogP contribution is -2.36. The number of hydrogen-bond donors (Lipinski definition) is 3. The van der Waals surface area contributed by atoms with Crippen LogP contribution in [0.25, 0.3) is 0 Å². The van der Waals surface area contributed by atoms with Gasteiger partial charge in [-0.05, 0) is 37.1 Å². The Hall–Kier alpha value is -3.46. The zero-order chi connectivity index (χ0) is 22.8. The van der Waals surface area contributed by atoms with Crippen LogP contribution in [-0.2, 0) is 15.3 Å². The molecule has 3 N–H and O–H groups in total. The molecule has 164 valence electrons. The summed E-state index contributed by atoms with van der Waals surface area (Å²) in [6.07, 6.45) is -0.157. The molecule has 1 atom stereocenters. The molecule has 9 heteroatoms. The Morgan fingerprint density at radius 3 is 2.75 bits per heavy atom. The number of H-pyrrole nitrogens is 1. The van der Waals surface area contributed by atoms with Crippen molar-refractivity contribution in [3.8, 4) is 0 Å². The highest BCUT2D eigenvalue weighted by Crippen LogP contribution is 2.31. The van der Waals surface area contributed by atoms with Crippen LogP contribution in [0.15, 0.2) is 52.4 Å². The van der Waals surface area contributed by atoms with Gasteiger partial charge in [-0.1, -0.05) is 47.7 Å². The third-order valence-corrected chi connectivity index (χ3v) is 6.13. The van der Waals surface area contributed by atoms with E-state index in [2.05, 4.69) is 20.6 Å². The second kappa shape index (κ2) is 8.96. The largest absolute Gasteiger partial charge is 0.325 e. The lowest BCUT2D eigenvalue weighted by Gasteiger charge is -2.24. The van der Waals surface area contributed by atoms with Crippen LogP contribution in [0, 0.1) is 19.7 Å². The predicted molar refractivity (Wildman–Crippen MR) is 121 cm³/mol. The number of fused-ring (bicyclic) bond motifs is 1. The summed E-state index contributed by atoms with van der Waals surface area (Å²) in [5, 5.41) is 5.63. The maximum absolute atomic E-state index is 13.9. The topological polar surface area (TPSA) is 104 Å². The molecule has 0 spiro atoms. The molecule has 2 amide bonds. The normalized spacial score (nSPS) is 15.1. The lowest BCUT2D eigenvalue weighted by molar-refractivity contribution is -0.123. The molecule has 0 saturated heterocycles. The average molecular weight is 453 g/mol. The van der Waals surface area contributed by atoms with Gasteiger partial charge in [-0.2, -0.15) is 0 Å². The Morgan fingerprint density at radius 1 is 1.22 bits per heavy atom. The van der Waals surface area contributed by atoms with Gasteiger partial charge in [0.25, 0.3) is 5.56 Å². The molecule has 0 unspecified atom stereocenters. The number of hydrogen-bond acceptors (Lipinski definition) is 5. The summed E-state index contributed by atoms with van der Waals surface area (Å²) in [5.74, 6) is -1.87. The van der Waals surface area contributed by atoms with Crippen LogP contribution in [0.5, 0.6) is 0 Å². The van der Waals surface area contributed by atoms with Crippen molar-refractivity contribution in [2.45, 2.75) is 37.1 Å². The molecule has 0 aliphatic carbocycles. The maximum Gasteiger partial charge on any atom is 0.257 e. The summed E-state index contributed by atoms with van der Waals surface area (Å²) < 4.78 is 13.9. The molecular weight excluding hydrogens is 431 g/mol. The van der Waals surface area contributed by atoms with Crippen LogP contribution in [0.3, 0.4) is 0 Å². The number of rotatable bonds is 5. The van der Waals surface area contributed by atoms with E-state index in [4.69, 9.17) is 0 Å². The molecule has 0 saturated carbocycles. The minimum atomic E-state index is -0.971. The predicted octanol–water partition coefficient (Wildman–Crippen LogP) is 3.88. The van der Waals surface area contributed by atoms with E-state index < -0.39 is 23.3 Å². The van der Waals surface area contributed by atoms with Crippen molar-refractivity contribution in [2.24, 2.45) is 0 Å². The summed E-state index contributed by atoms with van der Waals surface area (Å²) >= 11 is 1.13. The summed E-state index contributed by atoms with van der Waals surface area (Å²) in [4.78, 5) is 45.0. The van der Waals surface area contributed by atoms with Crippen molar-refractivity contribution < 1.29 is 14.0 Å². The van der Waals surface area contributed by atoms with Gasteiger partial charge in [0.2, 0.25) is 11.8 Å². The molecule has 0 bridgehead atoms.